The third kappa shape index (κ3) is 3.46. The summed E-state index contributed by atoms with van der Waals surface area (Å²) in [5.41, 5.74) is 0. The predicted molar refractivity (Wildman–Crippen MR) is 69.3 cm³/mol. The van der Waals surface area contributed by atoms with Crippen LogP contribution in [0.4, 0.5) is 0 Å². The molecule has 108 valence electrons. The number of hydrogen-bond donors (Lipinski definition) is 0. The van der Waals surface area contributed by atoms with Gasteiger partial charge in [0.25, 0.3) is 10.0 Å². The van der Waals surface area contributed by atoms with Crippen molar-refractivity contribution in [3.63, 3.8) is 0 Å². The van der Waals surface area contributed by atoms with Crippen molar-refractivity contribution in [1.82, 2.24) is 13.9 Å². The highest BCUT2D eigenvalue weighted by molar-refractivity contribution is 7.89. The van der Waals surface area contributed by atoms with Gasteiger partial charge in [0.05, 0.1) is 13.4 Å². The van der Waals surface area contributed by atoms with Crippen LogP contribution in [0.5, 0.6) is 0 Å². The van der Waals surface area contributed by atoms with Crippen LogP contribution in [0.15, 0.2) is 11.4 Å². The lowest BCUT2D eigenvalue weighted by atomic mass is 10.5. The van der Waals surface area contributed by atoms with Gasteiger partial charge in [-0.2, -0.15) is 4.31 Å². The van der Waals surface area contributed by atoms with Crippen LogP contribution in [0.1, 0.15) is 13.3 Å². The minimum atomic E-state index is -3.91. The first-order valence-corrected chi connectivity index (χ1v) is 7.40. The summed E-state index contributed by atoms with van der Waals surface area (Å²) in [6.45, 7) is 1.63. The van der Waals surface area contributed by atoms with Crippen LogP contribution in [0, 0.1) is 0 Å². The van der Waals surface area contributed by atoms with Crippen LogP contribution in [0.3, 0.4) is 0 Å². The molecule has 1 aromatic rings. The Morgan fingerprint density at radius 2 is 2.21 bits per heavy atom. The molecule has 1 heterocycles. The van der Waals surface area contributed by atoms with Gasteiger partial charge in [0.1, 0.15) is 11.7 Å². The molecule has 0 aliphatic rings. The van der Waals surface area contributed by atoms with Crippen molar-refractivity contribution in [2.45, 2.75) is 18.4 Å². The number of carbonyl (C=O) groups excluding carboxylic acids is 1. The molecule has 0 atom stereocenters. The summed E-state index contributed by atoms with van der Waals surface area (Å²) < 4.78 is 31.6. The Hall–Kier alpha value is -1.12. The first kappa shape index (κ1) is 15.9. The van der Waals surface area contributed by atoms with Gasteiger partial charge < -0.3 is 9.30 Å². The third-order valence-electron chi connectivity index (χ3n) is 2.42. The predicted octanol–water partition coefficient (Wildman–Crippen LogP) is 0.647. The Bertz CT molecular complexity index is 555. The molecule has 1 rings (SSSR count). The zero-order chi connectivity index (χ0) is 14.6. The molecular formula is C10H16ClN3O4S. The maximum absolute atomic E-state index is 12.4. The number of carbonyl (C=O) groups is 1. The number of methoxy groups -OCH3 is 1. The Morgan fingerprint density at radius 1 is 1.58 bits per heavy atom. The fourth-order valence-corrected chi connectivity index (χ4v) is 3.30. The Balaban J connectivity index is 3.13. The van der Waals surface area contributed by atoms with Gasteiger partial charge in [-0.3, -0.25) is 4.79 Å². The van der Waals surface area contributed by atoms with Crippen LogP contribution < -0.4 is 0 Å². The van der Waals surface area contributed by atoms with Crippen molar-refractivity contribution in [3.05, 3.63) is 11.5 Å². The molecule has 9 heteroatoms. The summed E-state index contributed by atoms with van der Waals surface area (Å²) >= 11 is 5.89. The number of halogens is 1. The van der Waals surface area contributed by atoms with E-state index in [9.17, 15) is 13.2 Å². The molecule has 0 N–H and O–H groups in total. The lowest BCUT2D eigenvalue weighted by Crippen LogP contribution is -2.37. The summed E-state index contributed by atoms with van der Waals surface area (Å²) in [6.07, 6.45) is 1.86. The van der Waals surface area contributed by atoms with Gasteiger partial charge in [-0.05, 0) is 6.42 Å². The minimum Gasteiger partial charge on any atom is -0.468 e. The van der Waals surface area contributed by atoms with Crippen LogP contribution in [0.25, 0.3) is 0 Å². The molecule has 0 aliphatic heterocycles. The van der Waals surface area contributed by atoms with E-state index in [1.54, 1.807) is 14.0 Å². The Labute approximate surface area is 117 Å². The molecule has 0 radical (unpaired) electrons. The first-order chi connectivity index (χ1) is 8.84. The zero-order valence-electron chi connectivity index (χ0n) is 11.0. The van der Waals surface area contributed by atoms with E-state index in [0.717, 1.165) is 4.31 Å². The second-order valence-corrected chi connectivity index (χ2v) is 6.08. The number of sulfonamides is 1. The van der Waals surface area contributed by atoms with Crippen molar-refractivity contribution < 1.29 is 17.9 Å². The van der Waals surface area contributed by atoms with E-state index in [1.165, 1.54) is 18.0 Å². The number of aromatic nitrogens is 2. The smallest absolute Gasteiger partial charge is 0.321 e. The Morgan fingerprint density at radius 3 is 2.63 bits per heavy atom. The van der Waals surface area contributed by atoms with Crippen molar-refractivity contribution in [2.24, 2.45) is 7.05 Å². The highest BCUT2D eigenvalue weighted by Crippen LogP contribution is 2.22. The third-order valence-corrected chi connectivity index (χ3v) is 4.76. The summed E-state index contributed by atoms with van der Waals surface area (Å²) in [6, 6.07) is 0. The fraction of sp³-hybridized carbons (Fsp3) is 0.600. The number of nitrogens with zero attached hydrogens (tertiary/aromatic N) is 3. The van der Waals surface area contributed by atoms with E-state index >= 15 is 0 Å². The molecule has 7 nitrogen and oxygen atoms in total. The van der Waals surface area contributed by atoms with Crippen molar-refractivity contribution in [1.29, 1.82) is 0 Å². The van der Waals surface area contributed by atoms with Crippen molar-refractivity contribution in [2.75, 3.05) is 20.2 Å². The number of esters is 1. The van der Waals surface area contributed by atoms with E-state index in [2.05, 4.69) is 9.72 Å². The molecule has 0 amide bonds. The Kier molecular flexibility index (Phi) is 5.33. The normalized spacial score (nSPS) is 11.8. The minimum absolute atomic E-state index is 0.00553. The number of ether oxygens (including phenoxy) is 1. The highest BCUT2D eigenvalue weighted by atomic mass is 35.5. The zero-order valence-corrected chi connectivity index (χ0v) is 12.5. The van der Waals surface area contributed by atoms with Crippen LogP contribution in [0.2, 0.25) is 5.15 Å². The van der Waals surface area contributed by atoms with E-state index < -0.39 is 16.0 Å². The SMILES string of the molecule is CCCN(CC(=O)OC)S(=O)(=O)c1ncn(C)c1Cl. The van der Waals surface area contributed by atoms with Gasteiger partial charge >= 0.3 is 5.97 Å². The summed E-state index contributed by atoms with van der Waals surface area (Å²) in [7, 11) is -1.13. The molecule has 0 aromatic carbocycles. The lowest BCUT2D eigenvalue weighted by molar-refractivity contribution is -0.140. The van der Waals surface area contributed by atoms with Gasteiger partial charge in [0.15, 0.2) is 0 Å². The largest absolute Gasteiger partial charge is 0.468 e. The molecule has 0 saturated carbocycles. The van der Waals surface area contributed by atoms with Crippen molar-refractivity contribution in [3.8, 4) is 0 Å². The van der Waals surface area contributed by atoms with Gasteiger partial charge in [-0.1, -0.05) is 18.5 Å². The van der Waals surface area contributed by atoms with E-state index in [-0.39, 0.29) is 23.3 Å². The number of hydrogen-bond acceptors (Lipinski definition) is 5. The summed E-state index contributed by atoms with van der Waals surface area (Å²) in [4.78, 5) is 15.1. The second kappa shape index (κ2) is 6.36. The first-order valence-electron chi connectivity index (χ1n) is 5.58. The maximum atomic E-state index is 12.4. The van der Waals surface area contributed by atoms with E-state index in [4.69, 9.17) is 11.6 Å². The molecule has 0 saturated heterocycles. The number of imidazole rings is 1. The van der Waals surface area contributed by atoms with Gasteiger partial charge in [-0.15, -0.1) is 0 Å². The van der Waals surface area contributed by atoms with E-state index in [1.807, 2.05) is 0 Å². The standard InChI is InChI=1S/C10H16ClN3O4S/c1-4-5-14(6-8(15)18-3)19(16,17)10-9(11)13(2)7-12-10/h7H,4-6H2,1-3H3. The summed E-state index contributed by atoms with van der Waals surface area (Å²) in [5.74, 6) is -0.635. The second-order valence-electron chi connectivity index (χ2n) is 3.87. The van der Waals surface area contributed by atoms with Gasteiger partial charge in [0, 0.05) is 13.6 Å². The summed E-state index contributed by atoms with van der Waals surface area (Å²) in [5, 5.41) is -0.250. The van der Waals surface area contributed by atoms with Crippen LogP contribution >= 0.6 is 11.6 Å². The van der Waals surface area contributed by atoms with Gasteiger partial charge in [0.2, 0.25) is 5.03 Å². The van der Waals surface area contributed by atoms with Crippen LogP contribution in [-0.4, -0.2) is 48.4 Å². The fourth-order valence-electron chi connectivity index (χ4n) is 1.43. The average molecular weight is 310 g/mol. The van der Waals surface area contributed by atoms with Crippen molar-refractivity contribution >= 4 is 27.6 Å². The molecule has 1 aromatic heterocycles. The van der Waals surface area contributed by atoms with E-state index in [0.29, 0.717) is 6.42 Å². The van der Waals surface area contributed by atoms with Crippen LogP contribution in [-0.2, 0) is 26.6 Å². The number of rotatable bonds is 6. The van der Waals surface area contributed by atoms with Gasteiger partial charge in [-0.25, -0.2) is 13.4 Å². The number of aryl methyl sites for hydroxylation is 1. The molecule has 0 aliphatic carbocycles. The quantitative estimate of drug-likeness (QED) is 0.721. The highest BCUT2D eigenvalue weighted by Gasteiger charge is 2.31. The monoisotopic (exact) mass is 309 g/mol. The average Bonchev–Trinajstić information content (AvgIpc) is 2.69. The topological polar surface area (TPSA) is 81.5 Å². The molecule has 0 bridgehead atoms. The molecule has 0 unspecified atom stereocenters. The molecule has 0 spiro atoms. The molecule has 0 fully saturated rings. The molecular weight excluding hydrogens is 294 g/mol. The maximum Gasteiger partial charge on any atom is 0.321 e. The molecule has 19 heavy (non-hydrogen) atoms. The lowest BCUT2D eigenvalue weighted by Gasteiger charge is -2.19.